The van der Waals surface area contributed by atoms with E-state index in [1.807, 2.05) is 66.7 Å². The van der Waals surface area contributed by atoms with E-state index in [2.05, 4.69) is 37.4 Å². The van der Waals surface area contributed by atoms with Gasteiger partial charge >= 0.3 is 0 Å². The molecule has 0 aromatic heterocycles. The summed E-state index contributed by atoms with van der Waals surface area (Å²) in [7, 11) is 0. The summed E-state index contributed by atoms with van der Waals surface area (Å²) in [4.78, 5) is 28.1. The average molecular weight is 468 g/mol. The minimum Gasteiger partial charge on any atom is -0.347 e. The zero-order valence-corrected chi connectivity index (χ0v) is 19.9. The number of hydrogen-bond donors (Lipinski definition) is 1. The first-order valence-corrected chi connectivity index (χ1v) is 11.9. The maximum atomic E-state index is 13.5. The molecule has 3 aromatic carbocycles. The quantitative estimate of drug-likeness (QED) is 0.407. The smallest absolute Gasteiger partial charge is 0.264 e. The monoisotopic (exact) mass is 467 g/mol. The zero-order valence-electron chi connectivity index (χ0n) is 19.1. The lowest BCUT2D eigenvalue weighted by molar-refractivity contribution is -0.117. The van der Waals surface area contributed by atoms with Gasteiger partial charge in [0.05, 0.1) is 5.25 Å². The number of thioether (sulfide) groups is 1. The van der Waals surface area contributed by atoms with Crippen LogP contribution in [0.5, 0.6) is 0 Å². The number of nitriles is 1. The molecular weight excluding hydrogens is 442 g/mol. The second-order valence-electron chi connectivity index (χ2n) is 8.20. The molecule has 3 aromatic rings. The standard InChI is InChI=1S/C28H25N3O2S/c1-19-13-14-22(15-20(19)2)16-25-27(33)31(23-11-7-4-8-12-23)28(34-25)24(17-29)26(32)30-18-21-9-5-3-6-10-21/h3-15,25H,16,18H2,1-2H3,(H,30,32)/b28-24+. The van der Waals surface area contributed by atoms with Crippen molar-refractivity contribution in [3.8, 4) is 6.07 Å². The fourth-order valence-corrected chi connectivity index (χ4v) is 5.12. The number of para-hydroxylation sites is 1. The molecule has 1 aliphatic rings. The minimum atomic E-state index is -0.491. The Morgan fingerprint density at radius 2 is 1.65 bits per heavy atom. The van der Waals surface area contributed by atoms with E-state index in [4.69, 9.17) is 0 Å². The van der Waals surface area contributed by atoms with Gasteiger partial charge in [0.2, 0.25) is 5.91 Å². The number of aryl methyl sites for hydroxylation is 2. The van der Waals surface area contributed by atoms with E-state index >= 15 is 0 Å². The van der Waals surface area contributed by atoms with E-state index in [0.29, 0.717) is 23.7 Å². The highest BCUT2D eigenvalue weighted by Gasteiger charge is 2.40. The minimum absolute atomic E-state index is 0.0549. The van der Waals surface area contributed by atoms with Crippen molar-refractivity contribution in [2.24, 2.45) is 0 Å². The first kappa shape index (κ1) is 23.3. The fourth-order valence-electron chi connectivity index (χ4n) is 3.81. The van der Waals surface area contributed by atoms with Crippen LogP contribution in [-0.2, 0) is 22.6 Å². The number of carbonyl (C=O) groups is 2. The molecule has 6 heteroatoms. The SMILES string of the molecule is Cc1ccc(CC2S/C(=C(\C#N)C(=O)NCc3ccccc3)N(c3ccccc3)C2=O)cc1C. The summed E-state index contributed by atoms with van der Waals surface area (Å²) < 4.78 is 0. The van der Waals surface area contributed by atoms with Gasteiger partial charge in [-0.1, -0.05) is 78.5 Å². The number of amides is 2. The first-order chi connectivity index (χ1) is 16.5. The van der Waals surface area contributed by atoms with E-state index in [0.717, 1.165) is 11.1 Å². The molecule has 4 rings (SSSR count). The number of anilines is 1. The predicted molar refractivity (Wildman–Crippen MR) is 136 cm³/mol. The molecule has 0 saturated carbocycles. The Balaban J connectivity index is 1.66. The van der Waals surface area contributed by atoms with Crippen LogP contribution in [0.3, 0.4) is 0 Å². The Labute approximate surface area is 204 Å². The van der Waals surface area contributed by atoms with Crippen LogP contribution < -0.4 is 10.2 Å². The number of nitrogens with one attached hydrogen (secondary N) is 1. The molecule has 5 nitrogen and oxygen atoms in total. The Morgan fingerprint density at radius 1 is 0.971 bits per heavy atom. The number of hydrogen-bond acceptors (Lipinski definition) is 4. The van der Waals surface area contributed by atoms with Crippen LogP contribution in [0.15, 0.2) is 89.5 Å². The molecule has 1 fully saturated rings. The van der Waals surface area contributed by atoms with E-state index in [1.165, 1.54) is 27.8 Å². The summed E-state index contributed by atoms with van der Waals surface area (Å²) in [5.74, 6) is -0.623. The van der Waals surface area contributed by atoms with Crippen LogP contribution in [0, 0.1) is 25.2 Å². The van der Waals surface area contributed by atoms with E-state index in [1.54, 1.807) is 0 Å². The third-order valence-corrected chi connectivity index (χ3v) is 7.07. The van der Waals surface area contributed by atoms with Crippen LogP contribution in [-0.4, -0.2) is 17.1 Å². The Bertz CT molecular complexity index is 1280. The third-order valence-electron chi connectivity index (χ3n) is 5.81. The van der Waals surface area contributed by atoms with Crippen LogP contribution in [0.25, 0.3) is 0 Å². The summed E-state index contributed by atoms with van der Waals surface area (Å²) in [5.41, 5.74) is 4.93. The van der Waals surface area contributed by atoms with Crippen molar-refractivity contribution in [2.45, 2.75) is 32.1 Å². The molecule has 1 aliphatic heterocycles. The lowest BCUT2D eigenvalue weighted by Crippen LogP contribution is -2.32. The van der Waals surface area contributed by atoms with Gasteiger partial charge in [-0.05, 0) is 54.7 Å². The van der Waals surface area contributed by atoms with Crippen LogP contribution in [0.1, 0.15) is 22.3 Å². The normalized spacial score (nSPS) is 16.8. The predicted octanol–water partition coefficient (Wildman–Crippen LogP) is 5.05. The van der Waals surface area contributed by atoms with Crippen molar-refractivity contribution < 1.29 is 9.59 Å². The lowest BCUT2D eigenvalue weighted by Gasteiger charge is -2.18. The van der Waals surface area contributed by atoms with E-state index in [9.17, 15) is 14.9 Å². The van der Waals surface area contributed by atoms with Gasteiger partial charge in [-0.25, -0.2) is 0 Å². The molecule has 0 bridgehead atoms. The van der Waals surface area contributed by atoms with Gasteiger partial charge in [0.1, 0.15) is 16.7 Å². The molecule has 34 heavy (non-hydrogen) atoms. The van der Waals surface area contributed by atoms with Gasteiger partial charge in [0.15, 0.2) is 0 Å². The van der Waals surface area contributed by atoms with Crippen molar-refractivity contribution in [3.63, 3.8) is 0 Å². The molecular formula is C28H25N3O2S. The molecule has 0 radical (unpaired) electrons. The van der Waals surface area contributed by atoms with Crippen molar-refractivity contribution in [3.05, 3.63) is 112 Å². The summed E-state index contributed by atoms with van der Waals surface area (Å²) in [6, 6.07) is 26.9. The summed E-state index contributed by atoms with van der Waals surface area (Å²) >= 11 is 1.28. The molecule has 1 N–H and O–H groups in total. The molecule has 0 spiro atoms. The summed E-state index contributed by atoms with van der Waals surface area (Å²) in [6.45, 7) is 4.41. The maximum Gasteiger partial charge on any atom is 0.264 e. The second-order valence-corrected chi connectivity index (χ2v) is 9.39. The van der Waals surface area contributed by atoms with Crippen LogP contribution in [0.4, 0.5) is 5.69 Å². The van der Waals surface area contributed by atoms with Gasteiger partial charge in [-0.15, -0.1) is 0 Å². The van der Waals surface area contributed by atoms with Gasteiger partial charge in [0, 0.05) is 12.2 Å². The molecule has 0 aliphatic carbocycles. The maximum absolute atomic E-state index is 13.5. The topological polar surface area (TPSA) is 73.2 Å². The third kappa shape index (κ3) is 5.05. The molecule has 1 saturated heterocycles. The number of nitrogens with zero attached hydrogens (tertiary/aromatic N) is 2. The van der Waals surface area contributed by atoms with Gasteiger partial charge in [-0.2, -0.15) is 5.26 Å². The summed E-state index contributed by atoms with van der Waals surface area (Å²) in [6.07, 6.45) is 0.516. The number of benzene rings is 3. The lowest BCUT2D eigenvalue weighted by atomic mass is 10.0. The van der Waals surface area contributed by atoms with Crippen molar-refractivity contribution in [1.29, 1.82) is 5.26 Å². The Kier molecular flexibility index (Phi) is 7.15. The molecule has 1 atom stereocenters. The van der Waals surface area contributed by atoms with Gasteiger partial charge in [-0.3, -0.25) is 14.5 Å². The Hall–Kier alpha value is -3.82. The molecule has 170 valence electrons. The largest absolute Gasteiger partial charge is 0.347 e. The van der Waals surface area contributed by atoms with E-state index in [-0.39, 0.29) is 11.5 Å². The highest BCUT2D eigenvalue weighted by Crippen LogP contribution is 2.41. The molecule has 1 heterocycles. The highest BCUT2D eigenvalue weighted by atomic mass is 32.2. The van der Waals surface area contributed by atoms with Crippen LogP contribution in [0.2, 0.25) is 0 Å². The van der Waals surface area contributed by atoms with Crippen LogP contribution >= 0.6 is 11.8 Å². The number of rotatable bonds is 6. The first-order valence-electron chi connectivity index (χ1n) is 11.1. The molecule has 2 amide bonds. The average Bonchev–Trinajstić information content (AvgIpc) is 3.17. The van der Waals surface area contributed by atoms with Crippen molar-refractivity contribution in [2.75, 3.05) is 4.90 Å². The fraction of sp³-hybridized carbons (Fsp3) is 0.179. The van der Waals surface area contributed by atoms with Crippen molar-refractivity contribution >= 4 is 29.3 Å². The number of carbonyl (C=O) groups excluding carboxylic acids is 2. The van der Waals surface area contributed by atoms with Crippen molar-refractivity contribution in [1.82, 2.24) is 5.32 Å². The molecule has 1 unspecified atom stereocenters. The second kappa shape index (κ2) is 10.4. The zero-order chi connectivity index (χ0) is 24.1. The Morgan fingerprint density at radius 3 is 2.29 bits per heavy atom. The van der Waals surface area contributed by atoms with Gasteiger partial charge < -0.3 is 5.32 Å². The van der Waals surface area contributed by atoms with Gasteiger partial charge in [0.25, 0.3) is 5.91 Å². The van der Waals surface area contributed by atoms with E-state index < -0.39 is 11.2 Å². The summed E-state index contributed by atoms with van der Waals surface area (Å²) in [5, 5.41) is 12.7. The highest BCUT2D eigenvalue weighted by molar-refractivity contribution is 8.05.